The molecular weight excluding hydrogens is 354 g/mol. The Bertz CT molecular complexity index is 844. The van der Waals surface area contributed by atoms with Crippen LogP contribution in [0.2, 0.25) is 0 Å². The highest BCUT2D eigenvalue weighted by molar-refractivity contribution is 5.39. The van der Waals surface area contributed by atoms with Crippen molar-refractivity contribution in [1.29, 1.82) is 0 Å². The van der Waals surface area contributed by atoms with E-state index >= 15 is 0 Å². The van der Waals surface area contributed by atoms with E-state index in [4.69, 9.17) is 9.57 Å². The second-order valence-electron chi connectivity index (χ2n) is 7.59. The van der Waals surface area contributed by atoms with Gasteiger partial charge < -0.3 is 14.7 Å². The second-order valence-corrected chi connectivity index (χ2v) is 7.59. The minimum atomic E-state index is -0.423. The molecule has 1 heterocycles. The van der Waals surface area contributed by atoms with Gasteiger partial charge >= 0.3 is 0 Å². The number of pyridine rings is 1. The fraction of sp³-hybridized carbons (Fsp3) is 0.522. The third-order valence-electron chi connectivity index (χ3n) is 5.87. The van der Waals surface area contributed by atoms with Crippen LogP contribution in [-0.4, -0.2) is 24.1 Å². The summed E-state index contributed by atoms with van der Waals surface area (Å²) in [6, 6.07) is 9.79. The molecule has 1 aliphatic rings. The third-order valence-corrected chi connectivity index (χ3v) is 5.87. The van der Waals surface area contributed by atoms with Crippen molar-refractivity contribution in [2.24, 2.45) is 0 Å². The fourth-order valence-electron chi connectivity index (χ4n) is 4.49. The van der Waals surface area contributed by atoms with Crippen molar-refractivity contribution in [1.82, 2.24) is 4.73 Å². The highest BCUT2D eigenvalue weighted by atomic mass is 16.6. The van der Waals surface area contributed by atoms with Crippen LogP contribution in [0, 0.1) is 6.92 Å². The van der Waals surface area contributed by atoms with Gasteiger partial charge in [0, 0.05) is 5.56 Å². The third kappa shape index (κ3) is 4.09. The predicted molar refractivity (Wildman–Crippen MR) is 110 cm³/mol. The second kappa shape index (κ2) is 9.28. The van der Waals surface area contributed by atoms with Gasteiger partial charge in [-0.3, -0.25) is 4.79 Å². The normalized spacial score (nSPS) is 17.1. The highest BCUT2D eigenvalue weighted by Gasteiger charge is 2.29. The monoisotopic (exact) mass is 385 g/mol. The van der Waals surface area contributed by atoms with Gasteiger partial charge in [-0.15, -0.1) is 0 Å². The zero-order valence-electron chi connectivity index (χ0n) is 17.1. The lowest BCUT2D eigenvalue weighted by atomic mass is 9.81. The molecule has 0 unspecified atom stereocenters. The van der Waals surface area contributed by atoms with E-state index in [9.17, 15) is 9.90 Å². The Morgan fingerprint density at radius 2 is 1.96 bits per heavy atom. The molecule has 5 nitrogen and oxygen atoms in total. The molecule has 1 aromatic heterocycles. The Kier molecular flexibility index (Phi) is 6.79. The van der Waals surface area contributed by atoms with Crippen molar-refractivity contribution in [3.63, 3.8) is 0 Å². The molecule has 0 amide bonds. The SMILES string of the molecule is COc1c(C)n(OC)c2c(c1=O)[C@@H](CCCC[C@H](O)c1ccccc1)CCC2. The maximum atomic E-state index is 13.0. The van der Waals surface area contributed by atoms with Gasteiger partial charge in [0.15, 0.2) is 5.75 Å². The Morgan fingerprint density at radius 3 is 2.64 bits per heavy atom. The zero-order valence-corrected chi connectivity index (χ0v) is 17.1. The van der Waals surface area contributed by atoms with E-state index in [1.807, 2.05) is 37.3 Å². The van der Waals surface area contributed by atoms with Crippen molar-refractivity contribution in [3.05, 3.63) is 63.1 Å². The topological polar surface area (TPSA) is 60.7 Å². The van der Waals surface area contributed by atoms with E-state index < -0.39 is 6.10 Å². The fourth-order valence-corrected chi connectivity index (χ4v) is 4.49. The van der Waals surface area contributed by atoms with Crippen molar-refractivity contribution in [2.45, 2.75) is 63.9 Å². The summed E-state index contributed by atoms with van der Waals surface area (Å²) in [5.74, 6) is 0.605. The molecule has 0 radical (unpaired) electrons. The molecule has 3 rings (SSSR count). The summed E-state index contributed by atoms with van der Waals surface area (Å²) in [6.45, 7) is 1.86. The van der Waals surface area contributed by atoms with Gasteiger partial charge in [-0.2, -0.15) is 4.73 Å². The Balaban J connectivity index is 1.70. The lowest BCUT2D eigenvalue weighted by Gasteiger charge is -2.29. The quantitative estimate of drug-likeness (QED) is 0.699. The largest absolute Gasteiger partial charge is 0.491 e. The van der Waals surface area contributed by atoms with Crippen LogP contribution >= 0.6 is 0 Å². The Morgan fingerprint density at radius 1 is 1.21 bits per heavy atom. The van der Waals surface area contributed by atoms with Crippen LogP contribution < -0.4 is 15.0 Å². The van der Waals surface area contributed by atoms with Crippen LogP contribution in [-0.2, 0) is 6.42 Å². The molecule has 2 atom stereocenters. The molecule has 28 heavy (non-hydrogen) atoms. The van der Waals surface area contributed by atoms with Crippen LogP contribution in [0.3, 0.4) is 0 Å². The number of rotatable bonds is 8. The molecule has 5 heteroatoms. The van der Waals surface area contributed by atoms with Gasteiger partial charge in [0.05, 0.1) is 18.9 Å². The number of aliphatic hydroxyl groups is 1. The van der Waals surface area contributed by atoms with Gasteiger partial charge in [-0.25, -0.2) is 0 Å². The molecule has 0 aliphatic heterocycles. The first-order chi connectivity index (χ1) is 13.6. The average Bonchev–Trinajstić information content (AvgIpc) is 2.72. The van der Waals surface area contributed by atoms with Crippen LogP contribution in [0.1, 0.15) is 73.1 Å². The number of ether oxygens (including phenoxy) is 1. The lowest BCUT2D eigenvalue weighted by Crippen LogP contribution is -2.30. The molecule has 0 saturated carbocycles. The number of benzene rings is 1. The molecule has 2 aromatic rings. The van der Waals surface area contributed by atoms with Crippen LogP contribution in [0.25, 0.3) is 0 Å². The van der Waals surface area contributed by atoms with E-state index in [1.165, 1.54) is 0 Å². The summed E-state index contributed by atoms with van der Waals surface area (Å²) in [7, 11) is 3.17. The van der Waals surface area contributed by atoms with E-state index in [0.717, 1.165) is 67.5 Å². The van der Waals surface area contributed by atoms with Crippen molar-refractivity contribution in [3.8, 4) is 5.75 Å². The first-order valence-corrected chi connectivity index (χ1v) is 10.2. The molecule has 152 valence electrons. The lowest BCUT2D eigenvalue weighted by molar-refractivity contribution is 0.143. The van der Waals surface area contributed by atoms with Gasteiger partial charge in [-0.1, -0.05) is 43.2 Å². The number of hydrogen-bond acceptors (Lipinski definition) is 4. The van der Waals surface area contributed by atoms with Gasteiger partial charge in [0.25, 0.3) is 0 Å². The van der Waals surface area contributed by atoms with Crippen LogP contribution in [0.15, 0.2) is 35.1 Å². The number of unbranched alkanes of at least 4 members (excludes halogenated alkanes) is 1. The Labute approximate surface area is 166 Å². The van der Waals surface area contributed by atoms with Crippen molar-refractivity contribution < 1.29 is 14.7 Å². The maximum absolute atomic E-state index is 13.0. The molecule has 0 spiro atoms. The number of nitrogens with zero attached hydrogens (tertiary/aromatic N) is 1. The molecule has 0 bridgehead atoms. The van der Waals surface area contributed by atoms with E-state index in [1.54, 1.807) is 19.0 Å². The minimum absolute atomic E-state index is 0.0114. The number of fused-ring (bicyclic) bond motifs is 1. The number of aromatic nitrogens is 1. The summed E-state index contributed by atoms with van der Waals surface area (Å²) < 4.78 is 7.16. The zero-order chi connectivity index (χ0) is 20.1. The van der Waals surface area contributed by atoms with E-state index in [0.29, 0.717) is 5.75 Å². The maximum Gasteiger partial charge on any atom is 0.227 e. The summed E-state index contributed by atoms with van der Waals surface area (Å²) in [5.41, 5.74) is 3.55. The number of methoxy groups -OCH3 is 1. The Hall–Kier alpha value is -2.27. The number of hydrogen-bond donors (Lipinski definition) is 1. The minimum Gasteiger partial charge on any atom is -0.491 e. The van der Waals surface area contributed by atoms with Crippen molar-refractivity contribution >= 4 is 0 Å². The summed E-state index contributed by atoms with van der Waals surface area (Å²) in [5, 5.41) is 10.3. The van der Waals surface area contributed by atoms with Gasteiger partial charge in [0.2, 0.25) is 5.43 Å². The molecule has 0 saturated heterocycles. The van der Waals surface area contributed by atoms with Crippen LogP contribution in [0.4, 0.5) is 0 Å². The summed E-state index contributed by atoms with van der Waals surface area (Å²) in [6.07, 6.45) is 6.10. The first-order valence-electron chi connectivity index (χ1n) is 10.2. The van der Waals surface area contributed by atoms with Gasteiger partial charge in [0.1, 0.15) is 12.8 Å². The van der Waals surface area contributed by atoms with Crippen molar-refractivity contribution in [2.75, 3.05) is 14.2 Å². The predicted octanol–water partition coefficient (Wildman–Crippen LogP) is 3.94. The molecule has 1 aliphatic carbocycles. The highest BCUT2D eigenvalue weighted by Crippen LogP contribution is 2.35. The molecule has 1 N–H and O–H groups in total. The van der Waals surface area contributed by atoms with Gasteiger partial charge in [-0.05, 0) is 50.5 Å². The summed E-state index contributed by atoms with van der Waals surface area (Å²) in [4.78, 5) is 18.6. The van der Waals surface area contributed by atoms with E-state index in [-0.39, 0.29) is 11.3 Å². The smallest absolute Gasteiger partial charge is 0.227 e. The standard InChI is InChI=1S/C23H31NO4/c1-16-23(27-2)22(26)21-18(13-9-14-19(21)24(16)28-3)12-7-8-15-20(25)17-10-5-4-6-11-17/h4-6,10-11,18,20,25H,7-9,12-15H2,1-3H3/t18-,20-/m0/s1. The van der Waals surface area contributed by atoms with Crippen LogP contribution in [0.5, 0.6) is 5.75 Å². The summed E-state index contributed by atoms with van der Waals surface area (Å²) >= 11 is 0. The molecule has 1 aromatic carbocycles. The molecular formula is C23H31NO4. The number of aliphatic hydroxyl groups excluding tert-OH is 1. The average molecular weight is 386 g/mol. The van der Waals surface area contributed by atoms with E-state index in [2.05, 4.69) is 0 Å². The first kappa shape index (κ1) is 20.5. The molecule has 0 fully saturated rings.